The maximum absolute atomic E-state index is 13.3. The van der Waals surface area contributed by atoms with Gasteiger partial charge >= 0.3 is 0 Å². The van der Waals surface area contributed by atoms with Crippen LogP contribution in [-0.2, 0) is 6.54 Å². The molecule has 4 rings (SSSR count). The number of aromatic nitrogens is 2. The summed E-state index contributed by atoms with van der Waals surface area (Å²) in [7, 11) is 1.64. The second-order valence-corrected chi connectivity index (χ2v) is 8.32. The molecule has 0 amide bonds. The highest BCUT2D eigenvalue weighted by Crippen LogP contribution is 2.23. The number of methoxy groups -OCH3 is 1. The van der Waals surface area contributed by atoms with Crippen LogP contribution in [0.3, 0.4) is 0 Å². The van der Waals surface area contributed by atoms with E-state index in [1.54, 1.807) is 11.7 Å². The number of benzene rings is 3. The fourth-order valence-corrected chi connectivity index (χ4v) is 3.93. The monoisotopic (exact) mass is 442 g/mol. The van der Waals surface area contributed by atoms with Gasteiger partial charge in [-0.1, -0.05) is 24.3 Å². The molecule has 0 N–H and O–H groups in total. The van der Waals surface area contributed by atoms with Crippen molar-refractivity contribution >= 4 is 10.9 Å². The molecule has 0 fully saturated rings. The molecule has 4 aromatic rings. The van der Waals surface area contributed by atoms with E-state index in [1.807, 2.05) is 48.5 Å². The fourth-order valence-electron chi connectivity index (χ4n) is 3.93. The number of ether oxygens (including phenoxy) is 2. The maximum Gasteiger partial charge on any atom is 0.261 e. The van der Waals surface area contributed by atoms with Crippen LogP contribution in [0.25, 0.3) is 22.3 Å². The Kier molecular flexibility index (Phi) is 7.08. The molecule has 5 heteroatoms. The largest absolute Gasteiger partial charge is 0.497 e. The Labute approximate surface area is 194 Å². The number of para-hydroxylation sites is 1. The molecule has 0 spiro atoms. The standard InChI is InChI=1S/C28H30N2O3/c1-20-11-12-21(2)26(19-20)33-18-8-4-7-17-30-27(22-13-15-23(32-3)16-14-22)29-25-10-6-5-9-24(25)28(30)31/h5-6,9-16,19H,4,7-8,17-18H2,1-3H3. The van der Waals surface area contributed by atoms with E-state index in [-0.39, 0.29) is 5.56 Å². The van der Waals surface area contributed by atoms with Gasteiger partial charge in [-0.15, -0.1) is 0 Å². The first-order valence-electron chi connectivity index (χ1n) is 11.4. The van der Waals surface area contributed by atoms with E-state index in [4.69, 9.17) is 14.5 Å². The first-order valence-corrected chi connectivity index (χ1v) is 11.4. The van der Waals surface area contributed by atoms with Crippen molar-refractivity contribution in [3.05, 3.63) is 88.2 Å². The fraction of sp³-hybridized carbons (Fsp3) is 0.286. The summed E-state index contributed by atoms with van der Waals surface area (Å²) in [6.45, 7) is 5.42. The van der Waals surface area contributed by atoms with Crippen LogP contribution in [0.15, 0.2) is 71.5 Å². The predicted molar refractivity (Wildman–Crippen MR) is 133 cm³/mol. The summed E-state index contributed by atoms with van der Waals surface area (Å²) >= 11 is 0. The molecule has 1 heterocycles. The number of aryl methyl sites for hydroxylation is 2. The predicted octanol–water partition coefficient (Wildman–Crippen LogP) is 5.94. The van der Waals surface area contributed by atoms with Gasteiger partial charge in [-0.05, 0) is 86.7 Å². The molecule has 0 radical (unpaired) electrons. The molecule has 33 heavy (non-hydrogen) atoms. The van der Waals surface area contributed by atoms with Crippen LogP contribution in [-0.4, -0.2) is 23.3 Å². The van der Waals surface area contributed by atoms with Gasteiger partial charge in [0.2, 0.25) is 0 Å². The molecule has 0 saturated carbocycles. The number of rotatable bonds is 9. The van der Waals surface area contributed by atoms with E-state index < -0.39 is 0 Å². The lowest BCUT2D eigenvalue weighted by Crippen LogP contribution is -2.23. The SMILES string of the molecule is COc1ccc(-c2nc3ccccc3c(=O)n2CCCCCOc2cc(C)ccc2C)cc1. The number of nitrogens with zero attached hydrogens (tertiary/aromatic N) is 2. The van der Waals surface area contributed by atoms with Gasteiger partial charge in [0.25, 0.3) is 5.56 Å². The Morgan fingerprint density at radius 1 is 0.909 bits per heavy atom. The molecular formula is C28H30N2O3. The van der Waals surface area contributed by atoms with Gasteiger partial charge < -0.3 is 9.47 Å². The third-order valence-electron chi connectivity index (χ3n) is 5.84. The Hall–Kier alpha value is -3.60. The van der Waals surface area contributed by atoms with Crippen molar-refractivity contribution in [3.8, 4) is 22.9 Å². The van der Waals surface area contributed by atoms with Crippen LogP contribution in [0, 0.1) is 13.8 Å². The molecule has 0 aliphatic carbocycles. The Balaban J connectivity index is 1.47. The molecule has 0 aliphatic rings. The first-order chi connectivity index (χ1) is 16.1. The molecule has 3 aromatic carbocycles. The van der Waals surface area contributed by atoms with Crippen LogP contribution >= 0.6 is 0 Å². The van der Waals surface area contributed by atoms with Gasteiger partial charge in [0.1, 0.15) is 17.3 Å². The van der Waals surface area contributed by atoms with Crippen molar-refractivity contribution in [2.45, 2.75) is 39.7 Å². The summed E-state index contributed by atoms with van der Waals surface area (Å²) in [5, 5.41) is 0.646. The highest BCUT2D eigenvalue weighted by atomic mass is 16.5. The van der Waals surface area contributed by atoms with E-state index >= 15 is 0 Å². The van der Waals surface area contributed by atoms with Crippen molar-refractivity contribution in [3.63, 3.8) is 0 Å². The smallest absolute Gasteiger partial charge is 0.261 e. The van der Waals surface area contributed by atoms with Crippen molar-refractivity contribution < 1.29 is 9.47 Å². The summed E-state index contributed by atoms with van der Waals surface area (Å²) in [5.74, 6) is 2.41. The number of hydrogen-bond acceptors (Lipinski definition) is 4. The third kappa shape index (κ3) is 5.25. The van der Waals surface area contributed by atoms with Crippen LogP contribution < -0.4 is 15.0 Å². The zero-order valence-electron chi connectivity index (χ0n) is 19.5. The average Bonchev–Trinajstić information content (AvgIpc) is 2.84. The molecule has 0 aliphatic heterocycles. The van der Waals surface area contributed by atoms with Gasteiger partial charge in [-0.3, -0.25) is 9.36 Å². The number of fused-ring (bicyclic) bond motifs is 1. The van der Waals surface area contributed by atoms with Gasteiger partial charge in [-0.2, -0.15) is 0 Å². The summed E-state index contributed by atoms with van der Waals surface area (Å²) in [5.41, 5.74) is 3.96. The lowest BCUT2D eigenvalue weighted by atomic mass is 10.1. The average molecular weight is 443 g/mol. The van der Waals surface area contributed by atoms with Crippen molar-refractivity contribution in [1.82, 2.24) is 9.55 Å². The van der Waals surface area contributed by atoms with E-state index in [9.17, 15) is 4.79 Å². The Morgan fingerprint density at radius 2 is 1.70 bits per heavy atom. The zero-order chi connectivity index (χ0) is 23.2. The van der Waals surface area contributed by atoms with Gasteiger partial charge in [-0.25, -0.2) is 4.98 Å². The van der Waals surface area contributed by atoms with Gasteiger partial charge in [0.05, 0.1) is 24.6 Å². The van der Waals surface area contributed by atoms with E-state index in [1.165, 1.54) is 5.56 Å². The second-order valence-electron chi connectivity index (χ2n) is 8.32. The van der Waals surface area contributed by atoms with Crippen LogP contribution in [0.4, 0.5) is 0 Å². The van der Waals surface area contributed by atoms with Crippen LogP contribution in [0.1, 0.15) is 30.4 Å². The molecular weight excluding hydrogens is 412 g/mol. The van der Waals surface area contributed by atoms with Crippen molar-refractivity contribution in [2.75, 3.05) is 13.7 Å². The van der Waals surface area contributed by atoms with Crippen LogP contribution in [0.2, 0.25) is 0 Å². The number of unbranched alkanes of at least 4 members (excludes halogenated alkanes) is 2. The Bertz CT molecular complexity index is 1290. The molecule has 0 saturated heterocycles. The lowest BCUT2D eigenvalue weighted by Gasteiger charge is -2.14. The zero-order valence-corrected chi connectivity index (χ0v) is 19.5. The first kappa shape index (κ1) is 22.6. The highest BCUT2D eigenvalue weighted by Gasteiger charge is 2.13. The molecule has 0 atom stereocenters. The Morgan fingerprint density at radius 3 is 2.48 bits per heavy atom. The molecule has 170 valence electrons. The minimum atomic E-state index is -0.00180. The van der Waals surface area contributed by atoms with Gasteiger partial charge in [0.15, 0.2) is 0 Å². The molecule has 0 unspecified atom stereocenters. The molecule has 5 nitrogen and oxygen atoms in total. The van der Waals surface area contributed by atoms with Gasteiger partial charge in [0, 0.05) is 12.1 Å². The molecule has 1 aromatic heterocycles. The minimum Gasteiger partial charge on any atom is -0.497 e. The normalized spacial score (nSPS) is 11.0. The lowest BCUT2D eigenvalue weighted by molar-refractivity contribution is 0.301. The molecule has 0 bridgehead atoms. The quantitative estimate of drug-likeness (QED) is 0.301. The minimum absolute atomic E-state index is 0.00180. The van der Waals surface area contributed by atoms with Crippen molar-refractivity contribution in [2.24, 2.45) is 0 Å². The highest BCUT2D eigenvalue weighted by molar-refractivity contribution is 5.79. The van der Waals surface area contributed by atoms with E-state index in [0.29, 0.717) is 29.9 Å². The summed E-state index contributed by atoms with van der Waals surface area (Å²) < 4.78 is 13.1. The van der Waals surface area contributed by atoms with Crippen LogP contribution in [0.5, 0.6) is 11.5 Å². The number of hydrogen-bond donors (Lipinski definition) is 0. The van der Waals surface area contributed by atoms with E-state index in [0.717, 1.165) is 41.9 Å². The van der Waals surface area contributed by atoms with E-state index in [2.05, 4.69) is 32.0 Å². The topological polar surface area (TPSA) is 53.3 Å². The summed E-state index contributed by atoms with van der Waals surface area (Å²) in [6, 6.07) is 21.5. The third-order valence-corrected chi connectivity index (χ3v) is 5.84. The summed E-state index contributed by atoms with van der Waals surface area (Å²) in [4.78, 5) is 18.1. The maximum atomic E-state index is 13.3. The summed E-state index contributed by atoms with van der Waals surface area (Å²) in [6.07, 6.45) is 2.77. The second kappa shape index (κ2) is 10.3. The van der Waals surface area contributed by atoms with Crippen molar-refractivity contribution in [1.29, 1.82) is 0 Å².